The fraction of sp³-hybridized carbons (Fsp3) is 0.615. The molecule has 5 nitrogen and oxygen atoms in total. The molecule has 0 aliphatic carbocycles. The van der Waals surface area contributed by atoms with Crippen molar-refractivity contribution in [1.29, 1.82) is 0 Å². The van der Waals surface area contributed by atoms with E-state index >= 15 is 0 Å². The van der Waals surface area contributed by atoms with Crippen LogP contribution in [0.1, 0.15) is 32.1 Å². The molecule has 0 saturated carbocycles. The number of allylic oxidation sites excluding steroid dienone is 1. The SMILES string of the molecule is COC(=O)CCC/C=C/CN1C(=O)CCC1C=O. The Balaban J connectivity index is 2.21. The van der Waals surface area contributed by atoms with Gasteiger partial charge in [0.1, 0.15) is 6.29 Å². The van der Waals surface area contributed by atoms with Crippen molar-refractivity contribution in [1.82, 2.24) is 4.90 Å². The lowest BCUT2D eigenvalue weighted by Crippen LogP contribution is -2.33. The number of likely N-dealkylation sites (tertiary alicyclic amines) is 1. The summed E-state index contributed by atoms with van der Waals surface area (Å²) in [5, 5.41) is 0. The Bertz CT molecular complexity index is 338. The summed E-state index contributed by atoms with van der Waals surface area (Å²) in [6, 6.07) is -0.266. The zero-order chi connectivity index (χ0) is 13.4. The van der Waals surface area contributed by atoms with Crippen molar-refractivity contribution in [3.05, 3.63) is 12.2 Å². The summed E-state index contributed by atoms with van der Waals surface area (Å²) in [4.78, 5) is 34.6. The van der Waals surface area contributed by atoms with Gasteiger partial charge in [0.05, 0.1) is 13.2 Å². The summed E-state index contributed by atoms with van der Waals surface area (Å²) >= 11 is 0. The maximum absolute atomic E-state index is 11.5. The number of carbonyl (C=O) groups excluding carboxylic acids is 3. The van der Waals surface area contributed by atoms with E-state index in [1.165, 1.54) is 7.11 Å². The maximum atomic E-state index is 11.5. The Morgan fingerprint density at radius 3 is 2.94 bits per heavy atom. The van der Waals surface area contributed by atoms with Crippen LogP contribution in [0.3, 0.4) is 0 Å². The van der Waals surface area contributed by atoms with E-state index < -0.39 is 0 Å². The van der Waals surface area contributed by atoms with Crippen LogP contribution in [0.4, 0.5) is 0 Å². The van der Waals surface area contributed by atoms with E-state index in [2.05, 4.69) is 4.74 Å². The Morgan fingerprint density at radius 2 is 2.28 bits per heavy atom. The number of nitrogens with zero attached hydrogens (tertiary/aromatic N) is 1. The number of methoxy groups -OCH3 is 1. The highest BCUT2D eigenvalue weighted by atomic mass is 16.5. The Morgan fingerprint density at radius 1 is 1.50 bits per heavy atom. The van der Waals surface area contributed by atoms with Gasteiger partial charge < -0.3 is 14.4 Å². The first-order chi connectivity index (χ1) is 8.69. The van der Waals surface area contributed by atoms with E-state index in [1.807, 2.05) is 12.2 Å². The number of unbranched alkanes of at least 4 members (excludes halogenated alkanes) is 1. The molecular weight excluding hydrogens is 234 g/mol. The zero-order valence-electron chi connectivity index (χ0n) is 10.6. The first-order valence-corrected chi connectivity index (χ1v) is 6.15. The quantitative estimate of drug-likeness (QED) is 0.295. The largest absolute Gasteiger partial charge is 0.469 e. The molecule has 0 aromatic heterocycles. The third-order valence-electron chi connectivity index (χ3n) is 2.98. The van der Waals surface area contributed by atoms with Crippen molar-refractivity contribution in [3.8, 4) is 0 Å². The number of hydrogen-bond acceptors (Lipinski definition) is 4. The van der Waals surface area contributed by atoms with Crippen molar-refractivity contribution >= 4 is 18.2 Å². The van der Waals surface area contributed by atoms with Crippen molar-refractivity contribution in [2.45, 2.75) is 38.1 Å². The van der Waals surface area contributed by atoms with Gasteiger partial charge in [-0.05, 0) is 19.3 Å². The zero-order valence-corrected chi connectivity index (χ0v) is 10.6. The molecule has 0 aromatic rings. The third-order valence-corrected chi connectivity index (χ3v) is 2.98. The van der Waals surface area contributed by atoms with Gasteiger partial charge in [-0.15, -0.1) is 0 Å². The summed E-state index contributed by atoms with van der Waals surface area (Å²) in [5.74, 6) is -0.176. The van der Waals surface area contributed by atoms with Gasteiger partial charge in [0.2, 0.25) is 5.91 Å². The minimum absolute atomic E-state index is 0.0336. The highest BCUT2D eigenvalue weighted by Crippen LogP contribution is 2.16. The highest BCUT2D eigenvalue weighted by Gasteiger charge is 2.29. The maximum Gasteiger partial charge on any atom is 0.305 e. The smallest absolute Gasteiger partial charge is 0.305 e. The van der Waals surface area contributed by atoms with E-state index in [0.717, 1.165) is 19.1 Å². The summed E-state index contributed by atoms with van der Waals surface area (Å²) in [6.45, 7) is 0.473. The summed E-state index contributed by atoms with van der Waals surface area (Å²) < 4.78 is 4.53. The van der Waals surface area contributed by atoms with Crippen LogP contribution in [0.5, 0.6) is 0 Å². The third kappa shape index (κ3) is 4.31. The second-order valence-corrected chi connectivity index (χ2v) is 4.23. The molecular formula is C13H19NO4. The van der Waals surface area contributed by atoms with Gasteiger partial charge in [0.25, 0.3) is 0 Å². The highest BCUT2D eigenvalue weighted by molar-refractivity contribution is 5.83. The molecule has 1 unspecified atom stereocenters. The van der Waals surface area contributed by atoms with E-state index in [9.17, 15) is 14.4 Å². The van der Waals surface area contributed by atoms with Gasteiger partial charge in [-0.25, -0.2) is 0 Å². The number of rotatable bonds is 7. The van der Waals surface area contributed by atoms with E-state index in [4.69, 9.17) is 0 Å². The number of hydrogen-bond donors (Lipinski definition) is 0. The van der Waals surface area contributed by atoms with Gasteiger partial charge in [0.15, 0.2) is 0 Å². The molecule has 1 amide bonds. The van der Waals surface area contributed by atoms with Crippen LogP contribution in [-0.4, -0.2) is 42.8 Å². The number of aldehydes is 1. The molecule has 5 heteroatoms. The van der Waals surface area contributed by atoms with Gasteiger partial charge in [-0.3, -0.25) is 9.59 Å². The lowest BCUT2D eigenvalue weighted by molar-refractivity contribution is -0.140. The van der Waals surface area contributed by atoms with Crippen molar-refractivity contribution < 1.29 is 19.1 Å². The second kappa shape index (κ2) is 7.63. The molecule has 1 aliphatic heterocycles. The van der Waals surface area contributed by atoms with E-state index in [0.29, 0.717) is 25.8 Å². The molecule has 1 atom stereocenters. The Hall–Kier alpha value is -1.65. The van der Waals surface area contributed by atoms with Crippen LogP contribution < -0.4 is 0 Å². The lowest BCUT2D eigenvalue weighted by atomic mass is 10.2. The first kappa shape index (κ1) is 14.4. The number of ether oxygens (including phenoxy) is 1. The number of amides is 1. The summed E-state index contributed by atoms with van der Waals surface area (Å²) in [7, 11) is 1.37. The van der Waals surface area contributed by atoms with Gasteiger partial charge in [0, 0.05) is 19.4 Å². The fourth-order valence-electron chi connectivity index (χ4n) is 1.91. The topological polar surface area (TPSA) is 63.7 Å². The van der Waals surface area contributed by atoms with Crippen LogP contribution in [-0.2, 0) is 19.1 Å². The van der Waals surface area contributed by atoms with E-state index in [-0.39, 0.29) is 17.9 Å². The molecule has 0 bridgehead atoms. The van der Waals surface area contributed by atoms with Crippen LogP contribution in [0.25, 0.3) is 0 Å². The number of carbonyl (C=O) groups is 3. The molecule has 0 spiro atoms. The standard InChI is InChI=1S/C13H19NO4/c1-18-13(17)6-4-2-3-5-9-14-11(10-15)7-8-12(14)16/h3,5,10-11H,2,4,6-9H2,1H3/b5-3+. The minimum Gasteiger partial charge on any atom is -0.469 e. The fourth-order valence-corrected chi connectivity index (χ4v) is 1.91. The van der Waals surface area contributed by atoms with Crippen LogP contribution in [0.15, 0.2) is 12.2 Å². The molecule has 1 aliphatic rings. The predicted octanol–water partition coefficient (Wildman–Crippen LogP) is 1.08. The normalized spacial score (nSPS) is 19.5. The molecule has 1 rings (SSSR count). The van der Waals surface area contributed by atoms with Crippen LogP contribution in [0.2, 0.25) is 0 Å². The Kier molecular flexibility index (Phi) is 6.11. The summed E-state index contributed by atoms with van der Waals surface area (Å²) in [6.07, 6.45) is 7.61. The molecule has 0 radical (unpaired) electrons. The molecule has 0 aromatic carbocycles. The van der Waals surface area contributed by atoms with Crippen molar-refractivity contribution in [2.75, 3.05) is 13.7 Å². The summed E-state index contributed by atoms with van der Waals surface area (Å²) in [5.41, 5.74) is 0. The minimum atomic E-state index is -0.266. The number of esters is 1. The monoisotopic (exact) mass is 253 g/mol. The molecule has 1 heterocycles. The Labute approximate surface area is 107 Å². The lowest BCUT2D eigenvalue weighted by Gasteiger charge is -2.18. The van der Waals surface area contributed by atoms with Gasteiger partial charge in [-0.1, -0.05) is 12.2 Å². The van der Waals surface area contributed by atoms with Crippen molar-refractivity contribution in [2.24, 2.45) is 0 Å². The van der Waals surface area contributed by atoms with Crippen LogP contribution >= 0.6 is 0 Å². The molecule has 0 N–H and O–H groups in total. The first-order valence-electron chi connectivity index (χ1n) is 6.15. The molecule has 1 fully saturated rings. The van der Waals surface area contributed by atoms with E-state index in [1.54, 1.807) is 4.90 Å². The van der Waals surface area contributed by atoms with Crippen molar-refractivity contribution in [3.63, 3.8) is 0 Å². The molecule has 1 saturated heterocycles. The van der Waals surface area contributed by atoms with Gasteiger partial charge in [-0.2, -0.15) is 0 Å². The molecule has 100 valence electrons. The second-order valence-electron chi connectivity index (χ2n) is 4.23. The van der Waals surface area contributed by atoms with Crippen LogP contribution in [0, 0.1) is 0 Å². The average Bonchev–Trinajstić information content (AvgIpc) is 2.74. The average molecular weight is 253 g/mol. The van der Waals surface area contributed by atoms with Gasteiger partial charge >= 0.3 is 5.97 Å². The predicted molar refractivity (Wildman–Crippen MR) is 65.8 cm³/mol. The molecule has 18 heavy (non-hydrogen) atoms.